The van der Waals surface area contributed by atoms with Gasteiger partial charge in [0.2, 0.25) is 10.0 Å². The molecule has 0 radical (unpaired) electrons. The number of nitrogens with zero attached hydrogens (tertiary/aromatic N) is 2. The molecule has 3 N–H and O–H groups in total. The molecule has 7 heteroatoms. The average molecular weight is 280 g/mol. The van der Waals surface area contributed by atoms with Gasteiger partial charge in [0.15, 0.2) is 0 Å². The zero-order chi connectivity index (χ0) is 13.6. The van der Waals surface area contributed by atoms with E-state index in [1.807, 2.05) is 13.0 Å². The van der Waals surface area contributed by atoms with Crippen LogP contribution in [0.25, 0.3) is 10.9 Å². The van der Waals surface area contributed by atoms with Crippen LogP contribution in [-0.4, -0.2) is 42.1 Å². The Morgan fingerprint density at radius 1 is 1.47 bits per heavy atom. The van der Waals surface area contributed by atoms with Crippen LogP contribution < -0.4 is 5.73 Å². The number of sulfonamides is 1. The summed E-state index contributed by atoms with van der Waals surface area (Å²) in [5, 5.41) is 7.50. The van der Waals surface area contributed by atoms with Crippen LogP contribution in [-0.2, 0) is 10.0 Å². The van der Waals surface area contributed by atoms with Crippen molar-refractivity contribution in [1.82, 2.24) is 14.5 Å². The number of nitrogens with two attached hydrogens (primary N) is 1. The van der Waals surface area contributed by atoms with E-state index in [-0.39, 0.29) is 10.9 Å². The second kappa shape index (κ2) is 4.29. The van der Waals surface area contributed by atoms with Crippen LogP contribution in [0.4, 0.5) is 0 Å². The Bertz CT molecular complexity index is 722. The quantitative estimate of drug-likeness (QED) is 0.842. The van der Waals surface area contributed by atoms with Gasteiger partial charge in [0.1, 0.15) is 4.90 Å². The van der Waals surface area contributed by atoms with E-state index >= 15 is 0 Å². The van der Waals surface area contributed by atoms with Crippen molar-refractivity contribution in [2.45, 2.75) is 24.3 Å². The fourth-order valence-electron chi connectivity index (χ4n) is 2.48. The number of H-pyrrole nitrogens is 1. The molecule has 1 aromatic carbocycles. The summed E-state index contributed by atoms with van der Waals surface area (Å²) in [6, 6.07) is 3.52. The first-order valence-electron chi connectivity index (χ1n) is 6.18. The summed E-state index contributed by atoms with van der Waals surface area (Å²) in [7, 11) is -3.51. The minimum absolute atomic E-state index is 0.0724. The summed E-state index contributed by atoms with van der Waals surface area (Å²) < 4.78 is 26.8. The first-order chi connectivity index (χ1) is 8.98. The maximum Gasteiger partial charge on any atom is 0.245 e. The van der Waals surface area contributed by atoms with Gasteiger partial charge in [0, 0.05) is 24.5 Å². The van der Waals surface area contributed by atoms with Crippen LogP contribution in [0.3, 0.4) is 0 Å². The number of aryl methyl sites for hydroxylation is 1. The van der Waals surface area contributed by atoms with Crippen molar-refractivity contribution >= 4 is 20.9 Å². The highest BCUT2D eigenvalue weighted by Crippen LogP contribution is 2.27. The second-order valence-electron chi connectivity index (χ2n) is 5.01. The van der Waals surface area contributed by atoms with Crippen LogP contribution in [0.5, 0.6) is 0 Å². The van der Waals surface area contributed by atoms with E-state index in [1.165, 1.54) is 4.31 Å². The van der Waals surface area contributed by atoms with E-state index < -0.39 is 10.0 Å². The van der Waals surface area contributed by atoms with Gasteiger partial charge in [-0.1, -0.05) is 0 Å². The van der Waals surface area contributed by atoms with Gasteiger partial charge in [-0.2, -0.15) is 9.40 Å². The number of rotatable bonds is 2. The van der Waals surface area contributed by atoms with Gasteiger partial charge in [0.25, 0.3) is 0 Å². The van der Waals surface area contributed by atoms with E-state index in [2.05, 4.69) is 10.2 Å². The molecule has 1 saturated heterocycles. The van der Waals surface area contributed by atoms with Gasteiger partial charge in [-0.05, 0) is 31.0 Å². The zero-order valence-electron chi connectivity index (χ0n) is 10.6. The Hall–Kier alpha value is -1.44. The molecule has 19 heavy (non-hydrogen) atoms. The average Bonchev–Trinajstić information content (AvgIpc) is 2.96. The number of benzene rings is 1. The molecule has 2 heterocycles. The third-order valence-corrected chi connectivity index (χ3v) is 5.35. The lowest BCUT2D eigenvalue weighted by Crippen LogP contribution is -2.32. The fraction of sp³-hybridized carbons (Fsp3) is 0.417. The van der Waals surface area contributed by atoms with Crippen molar-refractivity contribution in [2.24, 2.45) is 5.73 Å². The maximum absolute atomic E-state index is 12.7. The number of hydrogen-bond donors (Lipinski definition) is 2. The molecule has 0 spiro atoms. The fourth-order valence-corrected chi connectivity index (χ4v) is 4.25. The summed E-state index contributed by atoms with van der Waals surface area (Å²) in [6.45, 7) is 2.74. The molecule has 1 aliphatic rings. The third-order valence-electron chi connectivity index (χ3n) is 3.46. The third kappa shape index (κ3) is 2.03. The van der Waals surface area contributed by atoms with Crippen LogP contribution in [0.2, 0.25) is 0 Å². The lowest BCUT2D eigenvalue weighted by Gasteiger charge is -2.16. The predicted molar refractivity (Wildman–Crippen MR) is 72.2 cm³/mol. The smallest absolute Gasteiger partial charge is 0.245 e. The minimum Gasteiger partial charge on any atom is -0.326 e. The highest BCUT2D eigenvalue weighted by molar-refractivity contribution is 7.89. The molecule has 0 saturated carbocycles. The second-order valence-corrected chi connectivity index (χ2v) is 6.92. The predicted octanol–water partition coefficient (Wildman–Crippen LogP) is 0.593. The molecule has 1 unspecified atom stereocenters. The molecule has 1 aliphatic heterocycles. The number of fused-ring (bicyclic) bond motifs is 1. The van der Waals surface area contributed by atoms with Crippen molar-refractivity contribution in [3.63, 3.8) is 0 Å². The molecule has 102 valence electrons. The molecule has 1 aromatic heterocycles. The largest absolute Gasteiger partial charge is 0.326 e. The van der Waals surface area contributed by atoms with E-state index in [9.17, 15) is 8.42 Å². The highest BCUT2D eigenvalue weighted by Gasteiger charge is 2.32. The Morgan fingerprint density at radius 3 is 2.95 bits per heavy atom. The number of aromatic amines is 1. The molecule has 0 aliphatic carbocycles. The van der Waals surface area contributed by atoms with Crippen LogP contribution in [0, 0.1) is 6.92 Å². The van der Waals surface area contributed by atoms with Crippen molar-refractivity contribution in [1.29, 1.82) is 0 Å². The van der Waals surface area contributed by atoms with Crippen LogP contribution in [0.15, 0.2) is 23.2 Å². The molecule has 6 nitrogen and oxygen atoms in total. The van der Waals surface area contributed by atoms with E-state index in [0.717, 1.165) is 10.9 Å². The molecular formula is C12H16N4O2S. The van der Waals surface area contributed by atoms with Gasteiger partial charge in [0.05, 0.1) is 11.7 Å². The van der Waals surface area contributed by atoms with Gasteiger partial charge < -0.3 is 5.73 Å². The van der Waals surface area contributed by atoms with Gasteiger partial charge in [-0.25, -0.2) is 8.42 Å². The lowest BCUT2D eigenvalue weighted by atomic mass is 10.2. The summed E-state index contributed by atoms with van der Waals surface area (Å²) >= 11 is 0. The SMILES string of the molecule is Cc1cc(S(=O)(=O)N2CCC(N)C2)c2[nH]ncc2c1. The van der Waals surface area contributed by atoms with Crippen molar-refractivity contribution in [3.05, 3.63) is 23.9 Å². The van der Waals surface area contributed by atoms with Crippen molar-refractivity contribution in [2.75, 3.05) is 13.1 Å². The lowest BCUT2D eigenvalue weighted by molar-refractivity contribution is 0.473. The normalized spacial score (nSPS) is 21.3. The first kappa shape index (κ1) is 12.6. The van der Waals surface area contributed by atoms with Crippen LogP contribution in [0.1, 0.15) is 12.0 Å². The highest BCUT2D eigenvalue weighted by atomic mass is 32.2. The van der Waals surface area contributed by atoms with Gasteiger partial charge in [-0.3, -0.25) is 5.10 Å². The van der Waals surface area contributed by atoms with Crippen LogP contribution >= 0.6 is 0 Å². The molecule has 0 bridgehead atoms. The Balaban J connectivity index is 2.15. The molecular weight excluding hydrogens is 264 g/mol. The molecule has 0 amide bonds. The standard InChI is InChI=1S/C12H16N4O2S/c1-8-4-9-6-14-15-12(9)11(5-8)19(17,18)16-3-2-10(13)7-16/h4-6,10H,2-3,7,13H2,1H3,(H,14,15). The monoisotopic (exact) mass is 280 g/mol. The van der Waals surface area contributed by atoms with E-state index in [1.54, 1.807) is 12.3 Å². The molecule has 1 atom stereocenters. The Labute approximate surface area is 111 Å². The summed E-state index contributed by atoms with van der Waals surface area (Å²) in [6.07, 6.45) is 2.34. The number of hydrogen-bond acceptors (Lipinski definition) is 4. The van der Waals surface area contributed by atoms with E-state index in [4.69, 9.17) is 5.73 Å². The van der Waals surface area contributed by atoms with Gasteiger partial charge >= 0.3 is 0 Å². The van der Waals surface area contributed by atoms with Crippen molar-refractivity contribution in [3.8, 4) is 0 Å². The summed E-state index contributed by atoms with van der Waals surface area (Å²) in [5.74, 6) is 0. The first-order valence-corrected chi connectivity index (χ1v) is 7.62. The Kier molecular flexibility index (Phi) is 2.84. The molecule has 2 aromatic rings. The Morgan fingerprint density at radius 2 is 2.26 bits per heavy atom. The minimum atomic E-state index is -3.51. The number of nitrogens with one attached hydrogen (secondary N) is 1. The summed E-state index contributed by atoms with van der Waals surface area (Å²) in [4.78, 5) is 0.286. The maximum atomic E-state index is 12.7. The van der Waals surface area contributed by atoms with Crippen molar-refractivity contribution < 1.29 is 8.42 Å². The zero-order valence-corrected chi connectivity index (χ0v) is 11.4. The topological polar surface area (TPSA) is 92.1 Å². The molecule has 1 fully saturated rings. The molecule has 3 rings (SSSR count). The van der Waals surface area contributed by atoms with Gasteiger partial charge in [-0.15, -0.1) is 0 Å². The summed E-state index contributed by atoms with van der Waals surface area (Å²) in [5.41, 5.74) is 7.26. The van der Waals surface area contributed by atoms with E-state index in [0.29, 0.717) is 25.0 Å². The number of aromatic nitrogens is 2.